The molecular weight excluding hydrogens is 1830 g/mol. The summed E-state index contributed by atoms with van der Waals surface area (Å²) in [5.74, 6) is -7.71. The maximum Gasteiger partial charge on any atom is 0.339 e. The molecule has 5 aromatic heterocycles. The van der Waals surface area contributed by atoms with Crippen molar-refractivity contribution in [2.75, 3.05) is 16.0 Å². The lowest BCUT2D eigenvalue weighted by molar-refractivity contribution is -0.134. The zero-order chi connectivity index (χ0) is 82.5. The summed E-state index contributed by atoms with van der Waals surface area (Å²) in [7, 11) is 5.48. The number of carboxylic acid groups (broad SMARTS) is 3. The molecule has 0 radical (unpaired) electrons. The Balaban J connectivity index is 0.000000151. The summed E-state index contributed by atoms with van der Waals surface area (Å²) in [6.07, 6.45) is 1.31. The molecule has 3 amide bonds. The highest BCUT2D eigenvalue weighted by molar-refractivity contribution is 14.1. The highest BCUT2D eigenvalue weighted by Gasteiger charge is 2.26. The number of carboxylic acids is 3. The molecule has 0 saturated heterocycles. The van der Waals surface area contributed by atoms with Gasteiger partial charge in [-0.05, 0) is 232 Å². The number of halogens is 3. The van der Waals surface area contributed by atoms with Crippen molar-refractivity contribution in [1.82, 2.24) is 13.7 Å². The van der Waals surface area contributed by atoms with Crippen LogP contribution in [-0.2, 0) is 69.2 Å². The molecule has 0 saturated carbocycles. The Morgan fingerprint density at radius 2 is 0.707 bits per heavy atom. The van der Waals surface area contributed by atoms with Crippen molar-refractivity contribution in [1.29, 1.82) is 0 Å². The number of hydrogen-bond donors (Lipinski definition) is 9. The van der Waals surface area contributed by atoms with E-state index >= 15 is 0 Å². The van der Waals surface area contributed by atoms with Crippen molar-refractivity contribution in [3.63, 3.8) is 0 Å². The van der Waals surface area contributed by atoms with Gasteiger partial charge in [-0.25, -0.2) is 14.4 Å². The number of carbonyl (C=O) groups excluding carboxylic acids is 6. The molecule has 15 rings (SSSR count). The van der Waals surface area contributed by atoms with Gasteiger partial charge in [-0.2, -0.15) is 11.3 Å². The number of ketones is 3. The molecule has 10 aromatic carbocycles. The summed E-state index contributed by atoms with van der Waals surface area (Å²) < 4.78 is 13.4. The number of aromatic hydroxyl groups is 3. The molecule has 0 fully saturated rings. The number of furan rings is 1. The van der Waals surface area contributed by atoms with Crippen LogP contribution in [0.25, 0.3) is 100 Å². The molecule has 5 heterocycles. The Morgan fingerprint density at radius 1 is 0.371 bits per heavy atom. The molecule has 0 bridgehead atoms. The van der Waals surface area contributed by atoms with Gasteiger partial charge >= 0.3 is 17.9 Å². The molecule has 26 heteroatoms. The minimum Gasteiger partial charge on any atom is -0.507 e. The van der Waals surface area contributed by atoms with Gasteiger partial charge in [0.2, 0.25) is 17.3 Å². The Bertz CT molecular complexity index is 6220. The zero-order valence-electron chi connectivity index (χ0n) is 61.9. The number of Topliss-reactive ketones (excluding diaryl/α,β-unsaturated/α-hetero) is 3. The zero-order valence-corrected chi connectivity index (χ0v) is 69.2. The topological polar surface area (TPSA) is 339 Å². The van der Waals surface area contributed by atoms with E-state index in [0.29, 0.717) is 72.2 Å². The van der Waals surface area contributed by atoms with Crippen molar-refractivity contribution in [2.45, 2.75) is 26.2 Å². The fourth-order valence-corrected chi connectivity index (χ4v) is 17.5. The first-order valence-corrected chi connectivity index (χ1v) is 39.7. The van der Waals surface area contributed by atoms with Gasteiger partial charge in [0.25, 0.3) is 17.7 Å². The fraction of sp³-hybridized carbons (Fsp3) is 0.0778. The molecule has 9 N–H and O–H groups in total. The van der Waals surface area contributed by atoms with E-state index in [4.69, 9.17) is 4.42 Å². The number of thiophene rings is 1. The van der Waals surface area contributed by atoms with Crippen molar-refractivity contribution in [3.8, 4) is 84.6 Å². The van der Waals surface area contributed by atoms with E-state index in [9.17, 15) is 73.8 Å². The molecule has 0 spiro atoms. The molecule has 0 aliphatic carbocycles. The highest BCUT2D eigenvalue weighted by Crippen LogP contribution is 2.42. The summed E-state index contributed by atoms with van der Waals surface area (Å²) in [4.78, 5) is 111. The quantitative estimate of drug-likeness (QED) is 0.0238. The van der Waals surface area contributed by atoms with Crippen molar-refractivity contribution in [3.05, 3.63) is 291 Å². The van der Waals surface area contributed by atoms with Gasteiger partial charge in [0.1, 0.15) is 39.7 Å². The normalized spacial score (nSPS) is 11.0. The van der Waals surface area contributed by atoms with Crippen molar-refractivity contribution in [2.24, 2.45) is 21.1 Å². The number of nitrogens with one attached hydrogen (secondary N) is 3. The molecule has 22 nitrogen and oxygen atoms in total. The number of amides is 3. The van der Waals surface area contributed by atoms with Crippen LogP contribution < -0.4 is 16.0 Å². The van der Waals surface area contributed by atoms with E-state index in [2.05, 4.69) is 83.7 Å². The Hall–Kier alpha value is -12.8. The summed E-state index contributed by atoms with van der Waals surface area (Å²) >= 11 is 8.05. The molecule has 116 heavy (non-hydrogen) atoms. The van der Waals surface area contributed by atoms with Gasteiger partial charge in [-0.3, -0.25) is 28.8 Å². The first kappa shape index (κ1) is 81.2. The van der Waals surface area contributed by atoms with E-state index in [1.807, 2.05) is 180 Å². The number of aromatic carboxylic acids is 3. The second-order valence-corrected chi connectivity index (χ2v) is 31.1. The molecule has 0 aliphatic rings. The third kappa shape index (κ3) is 17.8. The fourth-order valence-electron chi connectivity index (χ4n) is 13.6. The van der Waals surface area contributed by atoms with E-state index in [1.54, 1.807) is 78.3 Å². The number of nitrogens with zero attached hydrogens (tertiary/aromatic N) is 3. The average Bonchev–Trinajstić information content (AvgIpc) is 1.62. The summed E-state index contributed by atoms with van der Waals surface area (Å²) in [6, 6.07) is 66.1. The summed E-state index contributed by atoms with van der Waals surface area (Å²) in [6.45, 7) is 2.02. The van der Waals surface area contributed by atoms with Crippen molar-refractivity contribution < 1.29 is 78.2 Å². The second-order valence-electron chi connectivity index (χ2n) is 27.1. The Kier molecular flexibility index (Phi) is 24.4. The Labute approximate surface area is 706 Å². The number of carbonyl (C=O) groups is 9. The van der Waals surface area contributed by atoms with Crippen LogP contribution in [0.3, 0.4) is 0 Å². The van der Waals surface area contributed by atoms with Gasteiger partial charge in [0.15, 0.2) is 0 Å². The van der Waals surface area contributed by atoms with E-state index < -0.39 is 53.0 Å². The smallest absolute Gasteiger partial charge is 0.339 e. The van der Waals surface area contributed by atoms with Crippen LogP contribution in [0.15, 0.2) is 246 Å². The molecule has 0 atom stereocenters. The predicted molar refractivity (Wildman–Crippen MR) is 472 cm³/mol. The SMILES string of the molecule is Cc1ccc(-c2cccc(NC(=O)C(=O)Cc3cccc(-c4c(I)c5cc(C(=O)O)c(O)cc5n4C)c3)c2)cc1.Cn1c(-c2cccc(CC(=O)C(=O)Nc3cccc(-c4ccco4)c3)c2)c(I)c2cc(C(=O)O)c(O)cc21.Cn1c(-c2cccc(CC(=O)C(=O)Nc3cccc(-c4ccsc4)c3)c2)c(I)c2cc(C(=O)O)c(O)cc21. The lowest BCUT2D eigenvalue weighted by atomic mass is 10.0. The van der Waals surface area contributed by atoms with E-state index in [1.165, 1.54) is 36.4 Å². The Morgan fingerprint density at radius 3 is 1.04 bits per heavy atom. The third-order valence-electron chi connectivity index (χ3n) is 19.3. The molecule has 0 unspecified atom stereocenters. The number of benzene rings is 10. The molecule has 0 aliphatic heterocycles. The van der Waals surface area contributed by atoms with Gasteiger partial charge in [0.05, 0.1) is 39.9 Å². The number of fused-ring (bicyclic) bond motifs is 3. The standard InChI is InChI=1S/C32H25IN2O5.C29H21IN2O6.C29H21IN2O5S/c1-18-9-11-20(12-10-18)21-6-4-8-23(15-21)34-31(38)28(37)14-19-5-3-7-22(13-19)30-29(33)24-16-25(32(39)40)27(36)17-26(24)35(30)2;1-32-22-15-23(33)21(29(36)37)14-20(22)26(30)27(32)18-7-2-5-16(11-18)12-24(34)28(35)31-19-8-3-6-17(13-19)25-9-4-10-38-25;1-32-23-14-24(33)22(29(36)37)13-21(23)26(30)27(32)18-6-2-4-16(10-18)11-25(34)28(35)31-20-7-3-5-17(12-20)19-8-9-38-15-19/h3-13,15-17,36H,14H2,1-2H3,(H,34,38)(H,39,40);2-11,13-15,33H,12H2,1H3,(H,31,35)(H,36,37);2-10,12-15,33H,11H2,1H3,(H,31,35)(H,36,37). The lowest BCUT2D eigenvalue weighted by Crippen LogP contribution is -2.24. The molecule has 15 aromatic rings. The number of aryl methyl sites for hydroxylation is 4. The predicted octanol–water partition coefficient (Wildman–Crippen LogP) is 18.8. The highest BCUT2D eigenvalue weighted by atomic mass is 127. The van der Waals surface area contributed by atoms with E-state index in [0.717, 1.165) is 77.9 Å². The number of hydrogen-bond acceptors (Lipinski definition) is 14. The number of anilines is 3. The molecule has 580 valence electrons. The van der Waals surface area contributed by atoms with Gasteiger partial charge in [0, 0.05) is 108 Å². The number of phenols is 3. The number of rotatable bonds is 21. The van der Waals surface area contributed by atoms with Gasteiger partial charge in [-0.15, -0.1) is 0 Å². The van der Waals surface area contributed by atoms with Crippen LogP contribution in [0, 0.1) is 17.6 Å². The van der Waals surface area contributed by atoms with Crippen LogP contribution in [-0.4, -0.2) is 97.3 Å². The van der Waals surface area contributed by atoms with E-state index in [-0.39, 0.29) is 53.2 Å². The van der Waals surface area contributed by atoms with Crippen LogP contribution in [0.1, 0.15) is 53.3 Å². The minimum absolute atomic E-state index is 0.0750. The maximum absolute atomic E-state index is 12.9. The van der Waals surface area contributed by atoms with Crippen LogP contribution in [0.2, 0.25) is 0 Å². The lowest BCUT2D eigenvalue weighted by Gasteiger charge is -2.09. The minimum atomic E-state index is -1.21. The average molecular weight is 1900 g/mol. The van der Waals surface area contributed by atoms with Gasteiger partial charge < -0.3 is 64.7 Å². The van der Waals surface area contributed by atoms with Crippen LogP contribution in [0.5, 0.6) is 17.2 Å². The second kappa shape index (κ2) is 34.9. The summed E-state index contributed by atoms with van der Waals surface area (Å²) in [5, 5.41) is 72.9. The van der Waals surface area contributed by atoms with Crippen LogP contribution in [0.4, 0.5) is 17.1 Å². The largest absolute Gasteiger partial charge is 0.507 e. The first-order chi connectivity index (χ1) is 55.6. The van der Waals surface area contributed by atoms with Crippen molar-refractivity contribution >= 4 is 182 Å². The molecular formula is C90H67I3N6O16S. The third-order valence-corrected chi connectivity index (χ3v) is 23.3. The van der Waals surface area contributed by atoms with Gasteiger partial charge in [-0.1, -0.05) is 121 Å². The summed E-state index contributed by atoms with van der Waals surface area (Å²) in [5.41, 5.74) is 15.8. The first-order valence-electron chi connectivity index (χ1n) is 35.5. The van der Waals surface area contributed by atoms with Crippen LogP contribution >= 0.6 is 79.1 Å². The monoisotopic (exact) mass is 1900 g/mol. The maximum atomic E-state index is 12.9. The number of aromatic nitrogens is 3.